The maximum atomic E-state index is 14.2. The SMILES string of the molecule is CC[C@H](C)[C@@H]([C@@H](CC(=O)N1CCC[C@H]1[C@H](OC)[C@@H](C)C(=O)N[C@@H](Cc1ccccc1)C(=O)OC(C)(C)C)OC)N(C)C(=O)[C@@H](Nc1ncccn1)C(C)C. The van der Waals surface area contributed by atoms with Gasteiger partial charge in [0, 0.05) is 46.6 Å². The van der Waals surface area contributed by atoms with Crippen molar-refractivity contribution < 1.29 is 33.4 Å². The lowest BCUT2D eigenvalue weighted by Gasteiger charge is -2.40. The number of hydrogen-bond donors (Lipinski definition) is 2. The fourth-order valence-corrected chi connectivity index (χ4v) is 7.27. The molecule has 1 aromatic heterocycles. The Kier molecular flexibility index (Phi) is 16.9. The second kappa shape index (κ2) is 20.5. The monoisotopic (exact) mass is 752 g/mol. The van der Waals surface area contributed by atoms with Crippen molar-refractivity contribution in [3.8, 4) is 0 Å². The van der Waals surface area contributed by atoms with Gasteiger partial charge in [0.2, 0.25) is 23.7 Å². The quantitative estimate of drug-likeness (QED) is 0.190. The van der Waals surface area contributed by atoms with Gasteiger partial charge in [0.15, 0.2) is 0 Å². The number of carbonyl (C=O) groups is 4. The molecule has 0 radical (unpaired) electrons. The molecule has 2 aromatic rings. The van der Waals surface area contributed by atoms with Crippen LogP contribution in [-0.2, 0) is 39.8 Å². The predicted molar refractivity (Wildman–Crippen MR) is 208 cm³/mol. The van der Waals surface area contributed by atoms with Crippen LogP contribution in [0.3, 0.4) is 0 Å². The van der Waals surface area contributed by atoms with Crippen LogP contribution in [0.4, 0.5) is 5.95 Å². The van der Waals surface area contributed by atoms with Crippen molar-refractivity contribution in [1.29, 1.82) is 0 Å². The molecular weight excluding hydrogens is 688 g/mol. The molecule has 2 heterocycles. The van der Waals surface area contributed by atoms with Crippen molar-refractivity contribution in [2.75, 3.05) is 33.1 Å². The first kappa shape index (κ1) is 44.3. The molecule has 54 heavy (non-hydrogen) atoms. The fourth-order valence-electron chi connectivity index (χ4n) is 7.27. The summed E-state index contributed by atoms with van der Waals surface area (Å²) in [5.41, 5.74) is 0.150. The molecule has 1 aliphatic rings. The zero-order chi connectivity index (χ0) is 40.2. The van der Waals surface area contributed by atoms with E-state index in [0.717, 1.165) is 18.4 Å². The number of likely N-dealkylation sites (tertiary alicyclic amines) is 1. The summed E-state index contributed by atoms with van der Waals surface area (Å²) in [6.07, 6.45) is 4.46. The fraction of sp³-hybridized carbons (Fsp3) is 0.659. The Morgan fingerprint density at radius 2 is 1.63 bits per heavy atom. The Hall–Kier alpha value is -4.10. The highest BCUT2D eigenvalue weighted by atomic mass is 16.6. The number of amides is 3. The van der Waals surface area contributed by atoms with Crippen molar-refractivity contribution in [3.05, 3.63) is 54.4 Å². The van der Waals surface area contributed by atoms with Crippen LogP contribution in [0.2, 0.25) is 0 Å². The van der Waals surface area contributed by atoms with E-state index in [1.165, 1.54) is 0 Å². The Morgan fingerprint density at radius 3 is 2.19 bits per heavy atom. The minimum absolute atomic E-state index is 0.0103. The van der Waals surface area contributed by atoms with E-state index >= 15 is 0 Å². The van der Waals surface area contributed by atoms with E-state index in [1.54, 1.807) is 77.2 Å². The van der Waals surface area contributed by atoms with Crippen LogP contribution in [0, 0.1) is 17.8 Å². The number of rotatable bonds is 19. The van der Waals surface area contributed by atoms with Crippen molar-refractivity contribution in [3.63, 3.8) is 0 Å². The molecule has 300 valence electrons. The second-order valence-electron chi connectivity index (χ2n) is 15.8. The van der Waals surface area contributed by atoms with Gasteiger partial charge in [-0.1, -0.05) is 71.4 Å². The zero-order valence-corrected chi connectivity index (χ0v) is 34.2. The van der Waals surface area contributed by atoms with E-state index < -0.39 is 47.8 Å². The highest BCUT2D eigenvalue weighted by Crippen LogP contribution is 2.30. The van der Waals surface area contributed by atoms with Crippen molar-refractivity contribution in [2.24, 2.45) is 17.8 Å². The number of nitrogens with one attached hydrogen (secondary N) is 2. The van der Waals surface area contributed by atoms with Gasteiger partial charge in [-0.05, 0) is 57.1 Å². The average molecular weight is 753 g/mol. The normalized spacial score (nSPS) is 18.5. The summed E-state index contributed by atoms with van der Waals surface area (Å²) < 4.78 is 17.7. The largest absolute Gasteiger partial charge is 0.458 e. The first-order valence-corrected chi connectivity index (χ1v) is 19.2. The van der Waals surface area contributed by atoms with Gasteiger partial charge in [-0.3, -0.25) is 14.4 Å². The van der Waals surface area contributed by atoms with Crippen LogP contribution in [0.1, 0.15) is 86.6 Å². The molecule has 1 saturated heterocycles. The zero-order valence-electron chi connectivity index (χ0n) is 34.2. The number of anilines is 1. The van der Waals surface area contributed by atoms with Gasteiger partial charge < -0.3 is 34.6 Å². The Bertz CT molecular complexity index is 1490. The number of nitrogens with zero attached hydrogens (tertiary/aromatic N) is 4. The third-order valence-electron chi connectivity index (χ3n) is 10.3. The van der Waals surface area contributed by atoms with Crippen LogP contribution < -0.4 is 10.6 Å². The number of likely N-dealkylation sites (N-methyl/N-ethyl adjacent to an activating group) is 1. The molecule has 0 spiro atoms. The second-order valence-corrected chi connectivity index (χ2v) is 15.8. The smallest absolute Gasteiger partial charge is 0.329 e. The number of carbonyl (C=O) groups excluding carboxylic acids is 4. The molecule has 8 atom stereocenters. The van der Waals surface area contributed by atoms with Crippen LogP contribution >= 0.6 is 0 Å². The first-order chi connectivity index (χ1) is 25.5. The average Bonchev–Trinajstić information content (AvgIpc) is 3.62. The van der Waals surface area contributed by atoms with E-state index in [2.05, 4.69) is 34.4 Å². The van der Waals surface area contributed by atoms with E-state index in [9.17, 15) is 19.2 Å². The molecular formula is C41H64N6O7. The standard InChI is InChI=1S/C41H64N6O7/c1-12-27(4)35(46(9)38(50)34(26(2)3)45-40-42-21-17-22-43-40)32(52-10)25-33(48)47-23-16-20-31(47)36(53-11)28(5)37(49)44-30(39(51)54-41(6,7)8)24-29-18-14-13-15-19-29/h13-15,17-19,21-22,26-28,30-32,34-36H,12,16,20,23-25H2,1-11H3,(H,44,49)(H,42,43,45)/t27-,28+,30-,31-,32+,34-,35-,36+/m0/s1. The first-order valence-electron chi connectivity index (χ1n) is 19.2. The molecule has 3 rings (SSSR count). The number of aromatic nitrogens is 2. The molecule has 2 N–H and O–H groups in total. The Morgan fingerprint density at radius 1 is 0.981 bits per heavy atom. The summed E-state index contributed by atoms with van der Waals surface area (Å²) in [5, 5.41) is 6.13. The molecule has 13 heteroatoms. The third-order valence-corrected chi connectivity index (χ3v) is 10.3. The van der Waals surface area contributed by atoms with E-state index in [4.69, 9.17) is 14.2 Å². The maximum Gasteiger partial charge on any atom is 0.329 e. The van der Waals surface area contributed by atoms with Gasteiger partial charge in [0.05, 0.1) is 36.6 Å². The van der Waals surface area contributed by atoms with Crippen molar-refractivity contribution >= 4 is 29.6 Å². The molecule has 13 nitrogen and oxygen atoms in total. The van der Waals surface area contributed by atoms with Gasteiger partial charge in [-0.2, -0.15) is 0 Å². The summed E-state index contributed by atoms with van der Waals surface area (Å²) >= 11 is 0. The molecule has 0 saturated carbocycles. The summed E-state index contributed by atoms with van der Waals surface area (Å²) in [5.74, 6) is -1.57. The van der Waals surface area contributed by atoms with Crippen LogP contribution in [-0.4, -0.2) is 113 Å². The Labute approximate surface area is 322 Å². The highest BCUT2D eigenvalue weighted by molar-refractivity contribution is 5.87. The van der Waals surface area contributed by atoms with E-state index in [-0.39, 0.29) is 48.4 Å². The minimum atomic E-state index is -0.911. The number of benzene rings is 1. The molecule has 1 aliphatic heterocycles. The van der Waals surface area contributed by atoms with Gasteiger partial charge >= 0.3 is 5.97 Å². The highest BCUT2D eigenvalue weighted by Gasteiger charge is 2.43. The third kappa shape index (κ3) is 12.2. The molecule has 0 aliphatic carbocycles. The summed E-state index contributed by atoms with van der Waals surface area (Å²) in [6.45, 7) is 15.7. The molecule has 3 amide bonds. The topological polar surface area (TPSA) is 152 Å². The molecule has 0 bridgehead atoms. The van der Waals surface area contributed by atoms with E-state index in [0.29, 0.717) is 18.9 Å². The number of hydrogen-bond acceptors (Lipinski definition) is 10. The van der Waals surface area contributed by atoms with Crippen LogP contribution in [0.5, 0.6) is 0 Å². The number of esters is 1. The van der Waals surface area contributed by atoms with Gasteiger partial charge in [-0.15, -0.1) is 0 Å². The summed E-state index contributed by atoms with van der Waals surface area (Å²) in [7, 11) is 4.88. The van der Waals surface area contributed by atoms with Crippen LogP contribution in [0.15, 0.2) is 48.8 Å². The number of ether oxygens (including phenoxy) is 3. The summed E-state index contributed by atoms with van der Waals surface area (Å²) in [4.78, 5) is 67.5. The molecule has 1 aromatic carbocycles. The van der Waals surface area contributed by atoms with Gasteiger partial charge in [-0.25, -0.2) is 14.8 Å². The lowest BCUT2D eigenvalue weighted by Crippen LogP contribution is -2.56. The predicted octanol–water partition coefficient (Wildman–Crippen LogP) is 4.90. The molecule has 1 fully saturated rings. The van der Waals surface area contributed by atoms with E-state index in [1.807, 2.05) is 44.2 Å². The molecule has 0 unspecified atom stereocenters. The van der Waals surface area contributed by atoms with Crippen molar-refractivity contribution in [1.82, 2.24) is 25.1 Å². The maximum absolute atomic E-state index is 14.2. The van der Waals surface area contributed by atoms with Crippen molar-refractivity contribution in [2.45, 2.75) is 129 Å². The minimum Gasteiger partial charge on any atom is -0.458 e. The van der Waals surface area contributed by atoms with Crippen LogP contribution in [0.25, 0.3) is 0 Å². The number of methoxy groups -OCH3 is 2. The summed E-state index contributed by atoms with van der Waals surface area (Å²) in [6, 6.07) is 8.88. The Balaban J connectivity index is 1.79. The lowest BCUT2D eigenvalue weighted by atomic mass is 9.89. The lowest BCUT2D eigenvalue weighted by molar-refractivity contribution is -0.159. The van der Waals surface area contributed by atoms with Gasteiger partial charge in [0.25, 0.3) is 0 Å². The van der Waals surface area contributed by atoms with Gasteiger partial charge in [0.1, 0.15) is 17.7 Å².